The first kappa shape index (κ1) is 17.2. The van der Waals surface area contributed by atoms with Crippen LogP contribution in [-0.4, -0.2) is 41.2 Å². The zero-order valence-corrected chi connectivity index (χ0v) is 16.2. The van der Waals surface area contributed by atoms with Gasteiger partial charge < -0.3 is 14.5 Å². The van der Waals surface area contributed by atoms with Crippen LogP contribution in [0.15, 0.2) is 22.8 Å². The van der Waals surface area contributed by atoms with Gasteiger partial charge in [-0.3, -0.25) is 4.90 Å². The van der Waals surface area contributed by atoms with Gasteiger partial charge in [0.05, 0.1) is 38.0 Å². The molecule has 0 atom stereocenters. The van der Waals surface area contributed by atoms with E-state index in [1.165, 1.54) is 35.1 Å². The largest absolute Gasteiger partial charge is 0.467 e. The van der Waals surface area contributed by atoms with Crippen molar-refractivity contribution in [2.45, 2.75) is 38.8 Å². The Morgan fingerprint density at radius 2 is 2.04 bits per heavy atom. The van der Waals surface area contributed by atoms with Gasteiger partial charge in [-0.15, -0.1) is 11.3 Å². The van der Waals surface area contributed by atoms with Gasteiger partial charge in [0.25, 0.3) is 0 Å². The zero-order valence-electron chi connectivity index (χ0n) is 15.4. The van der Waals surface area contributed by atoms with Crippen molar-refractivity contribution in [2.75, 3.05) is 31.6 Å². The Bertz CT molecular complexity index is 916. The third-order valence-corrected chi connectivity index (χ3v) is 6.53. The molecule has 0 aromatic carbocycles. The molecule has 0 radical (unpaired) electrons. The molecule has 1 fully saturated rings. The van der Waals surface area contributed by atoms with Gasteiger partial charge in [0, 0.05) is 18.0 Å². The summed E-state index contributed by atoms with van der Waals surface area (Å²) < 4.78 is 11.0. The lowest BCUT2D eigenvalue weighted by Crippen LogP contribution is -2.36. The zero-order chi connectivity index (χ0) is 18.1. The van der Waals surface area contributed by atoms with Gasteiger partial charge in [0.2, 0.25) is 0 Å². The van der Waals surface area contributed by atoms with Crippen LogP contribution in [0.2, 0.25) is 0 Å². The van der Waals surface area contributed by atoms with Crippen molar-refractivity contribution in [3.63, 3.8) is 0 Å². The fourth-order valence-corrected chi connectivity index (χ4v) is 5.22. The normalized spacial score (nSPS) is 17.9. The van der Waals surface area contributed by atoms with Crippen molar-refractivity contribution in [1.82, 2.24) is 14.9 Å². The Balaban J connectivity index is 1.50. The predicted octanol–water partition coefficient (Wildman–Crippen LogP) is 3.61. The van der Waals surface area contributed by atoms with Gasteiger partial charge in [-0.25, -0.2) is 9.97 Å². The summed E-state index contributed by atoms with van der Waals surface area (Å²) in [6, 6.07) is 3.91. The van der Waals surface area contributed by atoms with E-state index < -0.39 is 0 Å². The van der Waals surface area contributed by atoms with Crippen LogP contribution in [0.3, 0.4) is 0 Å². The molecule has 27 heavy (non-hydrogen) atoms. The topological polar surface area (TPSA) is 63.4 Å². The Hall–Kier alpha value is -1.96. The number of rotatable bonds is 5. The molecule has 0 spiro atoms. The lowest BCUT2D eigenvalue weighted by molar-refractivity contribution is 0.0331. The molecule has 0 unspecified atom stereocenters. The SMILES string of the molecule is c1coc(CNc2nc(CN3CCOCC3)nc3sc4c(c23)CCCC4)c1. The summed E-state index contributed by atoms with van der Waals surface area (Å²) >= 11 is 1.86. The number of ether oxygens (including phenoxy) is 1. The van der Waals surface area contributed by atoms with Crippen molar-refractivity contribution in [1.29, 1.82) is 0 Å². The van der Waals surface area contributed by atoms with Gasteiger partial charge >= 0.3 is 0 Å². The number of anilines is 1. The van der Waals surface area contributed by atoms with Crippen molar-refractivity contribution in [2.24, 2.45) is 0 Å². The minimum absolute atomic E-state index is 0.640. The molecular weight excluding hydrogens is 360 g/mol. The van der Waals surface area contributed by atoms with E-state index in [1.807, 2.05) is 23.5 Å². The highest BCUT2D eigenvalue weighted by molar-refractivity contribution is 7.19. The molecule has 3 aromatic rings. The molecule has 1 N–H and O–H groups in total. The molecule has 0 bridgehead atoms. The molecule has 1 aliphatic carbocycles. The van der Waals surface area contributed by atoms with Crippen LogP contribution in [0.5, 0.6) is 0 Å². The number of fused-ring (bicyclic) bond motifs is 3. The van der Waals surface area contributed by atoms with E-state index in [-0.39, 0.29) is 0 Å². The molecule has 7 heteroatoms. The number of hydrogen-bond acceptors (Lipinski definition) is 7. The van der Waals surface area contributed by atoms with Crippen LogP contribution in [0, 0.1) is 0 Å². The van der Waals surface area contributed by atoms with Gasteiger partial charge in [-0.05, 0) is 43.4 Å². The van der Waals surface area contributed by atoms with E-state index in [2.05, 4.69) is 10.2 Å². The lowest BCUT2D eigenvalue weighted by atomic mass is 9.97. The predicted molar refractivity (Wildman–Crippen MR) is 106 cm³/mol. The van der Waals surface area contributed by atoms with E-state index in [1.54, 1.807) is 6.26 Å². The molecule has 6 nitrogen and oxygen atoms in total. The Morgan fingerprint density at radius 3 is 2.89 bits per heavy atom. The maximum atomic E-state index is 5.49. The summed E-state index contributed by atoms with van der Waals surface area (Å²) in [5, 5.41) is 4.75. The fraction of sp³-hybridized carbons (Fsp3) is 0.500. The third-order valence-electron chi connectivity index (χ3n) is 5.34. The van der Waals surface area contributed by atoms with Gasteiger partial charge in [-0.2, -0.15) is 0 Å². The number of aryl methyl sites for hydroxylation is 2. The first-order chi connectivity index (χ1) is 13.4. The van der Waals surface area contributed by atoms with Crippen LogP contribution >= 0.6 is 11.3 Å². The standard InChI is InChI=1S/C20H24N4O2S/c1-2-6-16-15(5-1)18-19(21-12-14-4-3-9-26-14)22-17(23-20(18)27-16)13-24-7-10-25-11-8-24/h3-4,9H,1-2,5-8,10-13H2,(H,21,22,23). The molecule has 2 aliphatic rings. The average molecular weight is 385 g/mol. The van der Waals surface area contributed by atoms with Crippen LogP contribution in [0.1, 0.15) is 34.9 Å². The number of nitrogens with zero attached hydrogens (tertiary/aromatic N) is 3. The summed E-state index contributed by atoms with van der Waals surface area (Å²) in [5.41, 5.74) is 1.46. The summed E-state index contributed by atoms with van der Waals surface area (Å²) in [6.45, 7) is 4.88. The van der Waals surface area contributed by atoms with Gasteiger partial charge in [0.15, 0.2) is 0 Å². The van der Waals surface area contributed by atoms with E-state index >= 15 is 0 Å². The smallest absolute Gasteiger partial charge is 0.146 e. The first-order valence-electron chi connectivity index (χ1n) is 9.74. The molecular formula is C20H24N4O2S. The minimum Gasteiger partial charge on any atom is -0.467 e. The van der Waals surface area contributed by atoms with E-state index in [9.17, 15) is 0 Å². The maximum Gasteiger partial charge on any atom is 0.146 e. The van der Waals surface area contributed by atoms with Crippen molar-refractivity contribution >= 4 is 27.4 Å². The Kier molecular flexibility index (Phi) is 4.82. The van der Waals surface area contributed by atoms with Crippen molar-refractivity contribution < 1.29 is 9.15 Å². The van der Waals surface area contributed by atoms with Gasteiger partial charge in [0.1, 0.15) is 22.2 Å². The number of morpholine rings is 1. The van der Waals surface area contributed by atoms with Crippen LogP contribution in [0.25, 0.3) is 10.2 Å². The van der Waals surface area contributed by atoms with E-state index in [4.69, 9.17) is 19.1 Å². The van der Waals surface area contributed by atoms with Gasteiger partial charge in [-0.1, -0.05) is 0 Å². The summed E-state index contributed by atoms with van der Waals surface area (Å²) in [7, 11) is 0. The highest BCUT2D eigenvalue weighted by Gasteiger charge is 2.22. The second-order valence-electron chi connectivity index (χ2n) is 7.20. The highest BCUT2D eigenvalue weighted by Crippen LogP contribution is 2.38. The average Bonchev–Trinajstić information content (AvgIpc) is 3.34. The third kappa shape index (κ3) is 3.59. The molecule has 1 saturated heterocycles. The summed E-state index contributed by atoms with van der Waals surface area (Å²) in [6.07, 6.45) is 6.56. The monoisotopic (exact) mass is 384 g/mol. The number of nitrogens with one attached hydrogen (secondary N) is 1. The summed E-state index contributed by atoms with van der Waals surface area (Å²) in [4.78, 5) is 14.9. The quantitative estimate of drug-likeness (QED) is 0.725. The number of hydrogen-bond donors (Lipinski definition) is 1. The number of thiophene rings is 1. The molecule has 0 amide bonds. The summed E-state index contributed by atoms with van der Waals surface area (Å²) in [5.74, 6) is 2.77. The van der Waals surface area contributed by atoms with Crippen LogP contribution in [0.4, 0.5) is 5.82 Å². The second-order valence-corrected chi connectivity index (χ2v) is 8.28. The van der Waals surface area contributed by atoms with Crippen molar-refractivity contribution in [3.05, 3.63) is 40.4 Å². The van der Waals surface area contributed by atoms with E-state index in [0.29, 0.717) is 6.54 Å². The highest BCUT2D eigenvalue weighted by atomic mass is 32.1. The molecule has 1 aliphatic heterocycles. The van der Waals surface area contributed by atoms with Crippen molar-refractivity contribution in [3.8, 4) is 0 Å². The number of aromatic nitrogens is 2. The van der Waals surface area contributed by atoms with Crippen LogP contribution < -0.4 is 5.32 Å². The Labute approximate surface area is 162 Å². The first-order valence-corrected chi connectivity index (χ1v) is 10.6. The number of furan rings is 1. The van der Waals surface area contributed by atoms with Crippen LogP contribution in [-0.2, 0) is 30.7 Å². The second kappa shape index (κ2) is 7.58. The molecule has 3 aromatic heterocycles. The molecule has 142 valence electrons. The maximum absolute atomic E-state index is 5.49. The molecule has 4 heterocycles. The Morgan fingerprint density at radius 1 is 1.15 bits per heavy atom. The molecule has 5 rings (SSSR count). The molecule has 0 saturated carbocycles. The fourth-order valence-electron chi connectivity index (χ4n) is 3.94. The van der Waals surface area contributed by atoms with E-state index in [0.717, 1.165) is 61.5 Å². The minimum atomic E-state index is 0.640. The lowest BCUT2D eigenvalue weighted by Gasteiger charge is -2.25.